The predicted molar refractivity (Wildman–Crippen MR) is 68.8 cm³/mol. The molecule has 1 N–H and O–H groups in total. The summed E-state index contributed by atoms with van der Waals surface area (Å²) in [5.74, 6) is 0. The molecule has 1 unspecified atom stereocenters. The van der Waals surface area contributed by atoms with Crippen molar-refractivity contribution in [3.63, 3.8) is 0 Å². The maximum Gasteiger partial charge on any atom is 0.0406 e. The molecule has 2 nitrogen and oxygen atoms in total. The highest BCUT2D eigenvalue weighted by Gasteiger charge is 2.16. The molecule has 0 bridgehead atoms. The molecule has 0 saturated carbocycles. The van der Waals surface area contributed by atoms with Crippen molar-refractivity contribution in [2.75, 3.05) is 19.6 Å². The molecule has 1 heterocycles. The normalized spacial score (nSPS) is 23.0. The van der Waals surface area contributed by atoms with Crippen LogP contribution in [-0.4, -0.2) is 30.6 Å². The van der Waals surface area contributed by atoms with E-state index < -0.39 is 0 Å². The summed E-state index contributed by atoms with van der Waals surface area (Å²) in [6.07, 6.45) is 1.23. The van der Waals surface area contributed by atoms with Crippen LogP contribution in [0, 0.1) is 0 Å². The van der Waals surface area contributed by atoms with Gasteiger partial charge in [0.15, 0.2) is 0 Å². The van der Waals surface area contributed by atoms with Crippen LogP contribution in [0.5, 0.6) is 0 Å². The van der Waals surface area contributed by atoms with E-state index in [1.165, 1.54) is 12.0 Å². The average Bonchev–Trinajstić information content (AvgIpc) is 2.48. The number of halogens is 1. The maximum absolute atomic E-state index is 5.89. The van der Waals surface area contributed by atoms with Crippen molar-refractivity contribution in [3.8, 4) is 0 Å². The number of hydrogen-bond acceptors (Lipinski definition) is 2. The van der Waals surface area contributed by atoms with Gasteiger partial charge < -0.3 is 5.32 Å². The highest BCUT2D eigenvalue weighted by atomic mass is 35.5. The van der Waals surface area contributed by atoms with Gasteiger partial charge in [0.1, 0.15) is 0 Å². The van der Waals surface area contributed by atoms with Crippen LogP contribution >= 0.6 is 11.6 Å². The number of nitrogens with one attached hydrogen (secondary N) is 1. The summed E-state index contributed by atoms with van der Waals surface area (Å²) in [6, 6.07) is 8.83. The van der Waals surface area contributed by atoms with Crippen LogP contribution in [0.4, 0.5) is 0 Å². The van der Waals surface area contributed by atoms with Crippen molar-refractivity contribution in [2.24, 2.45) is 0 Å². The van der Waals surface area contributed by atoms with Gasteiger partial charge in [-0.25, -0.2) is 0 Å². The number of nitrogens with zero attached hydrogens (tertiary/aromatic N) is 1. The topological polar surface area (TPSA) is 15.3 Å². The zero-order chi connectivity index (χ0) is 11.4. The lowest BCUT2D eigenvalue weighted by Gasteiger charge is -2.26. The lowest BCUT2D eigenvalue weighted by molar-refractivity contribution is 0.211. The van der Waals surface area contributed by atoms with E-state index >= 15 is 0 Å². The van der Waals surface area contributed by atoms with Gasteiger partial charge in [-0.15, -0.1) is 0 Å². The monoisotopic (exact) mass is 238 g/mol. The van der Waals surface area contributed by atoms with E-state index in [0.717, 1.165) is 31.2 Å². The minimum Gasteiger partial charge on any atom is -0.315 e. The molecule has 2 rings (SSSR count). The second-order valence-corrected chi connectivity index (χ2v) is 4.92. The summed E-state index contributed by atoms with van der Waals surface area (Å²) in [4.78, 5) is 2.53. The van der Waals surface area contributed by atoms with Crippen molar-refractivity contribution in [3.05, 3.63) is 34.9 Å². The Morgan fingerprint density at radius 1 is 1.31 bits per heavy atom. The predicted octanol–water partition coefficient (Wildman–Crippen LogP) is 2.52. The van der Waals surface area contributed by atoms with Crippen LogP contribution in [-0.2, 0) is 6.54 Å². The molecule has 1 atom stereocenters. The van der Waals surface area contributed by atoms with Gasteiger partial charge >= 0.3 is 0 Å². The van der Waals surface area contributed by atoms with Gasteiger partial charge in [-0.05, 0) is 37.6 Å². The summed E-state index contributed by atoms with van der Waals surface area (Å²) in [5, 5.41) is 4.25. The Bertz CT molecular complexity index is 323. The maximum atomic E-state index is 5.89. The van der Waals surface area contributed by atoms with Gasteiger partial charge in [0.05, 0.1) is 0 Å². The van der Waals surface area contributed by atoms with E-state index in [-0.39, 0.29) is 0 Å². The number of benzene rings is 1. The van der Waals surface area contributed by atoms with Crippen molar-refractivity contribution in [1.82, 2.24) is 10.2 Å². The second kappa shape index (κ2) is 5.67. The molecule has 3 heteroatoms. The van der Waals surface area contributed by atoms with E-state index in [1.54, 1.807) is 0 Å². The molecule has 0 amide bonds. The molecule has 1 fully saturated rings. The second-order valence-electron chi connectivity index (χ2n) is 4.48. The first kappa shape index (κ1) is 11.9. The number of hydrogen-bond donors (Lipinski definition) is 1. The average molecular weight is 239 g/mol. The molecule has 1 aliphatic rings. The standard InChI is InChI=1S/C13H19ClN2/c1-11-6-7-15-8-9-16(11)10-12-2-4-13(14)5-3-12/h2-5,11,15H,6-10H2,1H3. The molecule has 1 aliphatic heterocycles. The Morgan fingerprint density at radius 2 is 2.06 bits per heavy atom. The summed E-state index contributed by atoms with van der Waals surface area (Å²) in [7, 11) is 0. The fourth-order valence-corrected chi connectivity index (χ4v) is 2.25. The van der Waals surface area contributed by atoms with Crippen molar-refractivity contribution in [1.29, 1.82) is 0 Å². The Morgan fingerprint density at radius 3 is 2.81 bits per heavy atom. The molecular formula is C13H19ClN2. The molecule has 1 aromatic carbocycles. The van der Waals surface area contributed by atoms with E-state index in [2.05, 4.69) is 29.3 Å². The molecule has 0 radical (unpaired) electrons. The van der Waals surface area contributed by atoms with E-state index in [9.17, 15) is 0 Å². The molecule has 16 heavy (non-hydrogen) atoms. The largest absolute Gasteiger partial charge is 0.315 e. The molecule has 1 saturated heterocycles. The zero-order valence-corrected chi connectivity index (χ0v) is 10.5. The Balaban J connectivity index is 1.99. The Kier molecular flexibility index (Phi) is 4.22. The summed E-state index contributed by atoms with van der Waals surface area (Å²) in [5.41, 5.74) is 1.35. The van der Waals surface area contributed by atoms with Gasteiger partial charge in [-0.2, -0.15) is 0 Å². The van der Waals surface area contributed by atoms with Crippen LogP contribution in [0.2, 0.25) is 5.02 Å². The minimum atomic E-state index is 0.658. The van der Waals surface area contributed by atoms with E-state index in [0.29, 0.717) is 6.04 Å². The minimum absolute atomic E-state index is 0.658. The summed E-state index contributed by atoms with van der Waals surface area (Å²) < 4.78 is 0. The summed E-state index contributed by atoms with van der Waals surface area (Å²) >= 11 is 5.89. The first-order valence-electron chi connectivity index (χ1n) is 5.95. The van der Waals surface area contributed by atoms with Crippen molar-refractivity contribution in [2.45, 2.75) is 25.9 Å². The van der Waals surface area contributed by atoms with Gasteiger partial charge in [-0.1, -0.05) is 23.7 Å². The van der Waals surface area contributed by atoms with Gasteiger partial charge in [0.25, 0.3) is 0 Å². The Labute approximate surface area is 103 Å². The first-order chi connectivity index (χ1) is 7.75. The highest BCUT2D eigenvalue weighted by Crippen LogP contribution is 2.14. The smallest absolute Gasteiger partial charge is 0.0406 e. The van der Waals surface area contributed by atoms with Crippen LogP contribution in [0.1, 0.15) is 18.9 Å². The van der Waals surface area contributed by atoms with E-state index in [4.69, 9.17) is 11.6 Å². The zero-order valence-electron chi connectivity index (χ0n) is 9.75. The molecule has 0 aliphatic carbocycles. The third-order valence-electron chi connectivity index (χ3n) is 3.24. The third kappa shape index (κ3) is 3.21. The highest BCUT2D eigenvalue weighted by molar-refractivity contribution is 6.30. The third-order valence-corrected chi connectivity index (χ3v) is 3.49. The van der Waals surface area contributed by atoms with E-state index in [1.807, 2.05) is 12.1 Å². The van der Waals surface area contributed by atoms with Crippen molar-refractivity contribution >= 4 is 11.6 Å². The van der Waals surface area contributed by atoms with Gasteiger partial charge in [0.2, 0.25) is 0 Å². The molecular weight excluding hydrogens is 220 g/mol. The van der Waals surface area contributed by atoms with Gasteiger partial charge in [0, 0.05) is 30.7 Å². The molecule has 1 aromatic rings. The Hall–Kier alpha value is -0.570. The number of rotatable bonds is 2. The quantitative estimate of drug-likeness (QED) is 0.852. The molecule has 88 valence electrons. The lowest BCUT2D eigenvalue weighted by Crippen LogP contribution is -2.33. The van der Waals surface area contributed by atoms with Gasteiger partial charge in [-0.3, -0.25) is 4.90 Å². The SMILES string of the molecule is CC1CCNCCN1Cc1ccc(Cl)cc1. The van der Waals surface area contributed by atoms with Crippen LogP contribution in [0.15, 0.2) is 24.3 Å². The van der Waals surface area contributed by atoms with Crippen LogP contribution in [0.25, 0.3) is 0 Å². The molecule has 0 spiro atoms. The fourth-order valence-electron chi connectivity index (χ4n) is 2.12. The van der Waals surface area contributed by atoms with Crippen LogP contribution < -0.4 is 5.32 Å². The van der Waals surface area contributed by atoms with Crippen molar-refractivity contribution < 1.29 is 0 Å². The van der Waals surface area contributed by atoms with Crippen LogP contribution in [0.3, 0.4) is 0 Å². The fraction of sp³-hybridized carbons (Fsp3) is 0.538. The first-order valence-corrected chi connectivity index (χ1v) is 6.33. The molecule has 0 aromatic heterocycles. The lowest BCUT2D eigenvalue weighted by atomic mass is 10.1. The summed E-state index contributed by atoms with van der Waals surface area (Å²) in [6.45, 7) is 6.70.